The summed E-state index contributed by atoms with van der Waals surface area (Å²) in [5.74, 6) is 1.47. The van der Waals surface area contributed by atoms with E-state index in [0.29, 0.717) is 16.7 Å². The highest BCUT2D eigenvalue weighted by Crippen LogP contribution is 2.36. The minimum Gasteiger partial charge on any atom is -0.328 e. The zero-order valence-corrected chi connectivity index (χ0v) is 14.2. The van der Waals surface area contributed by atoms with Gasteiger partial charge >= 0.3 is 0 Å². The summed E-state index contributed by atoms with van der Waals surface area (Å²) < 4.78 is 1.78. The molecule has 1 saturated heterocycles. The third-order valence-corrected chi connectivity index (χ3v) is 5.55. The van der Waals surface area contributed by atoms with Gasteiger partial charge in [-0.15, -0.1) is 0 Å². The number of hydrogen-bond donors (Lipinski definition) is 0. The maximum Gasteiger partial charge on any atom is 0.274 e. The molecule has 0 saturated carbocycles. The Morgan fingerprint density at radius 1 is 1.25 bits per heavy atom. The number of amides is 1. The van der Waals surface area contributed by atoms with Crippen LogP contribution in [0.4, 0.5) is 0 Å². The summed E-state index contributed by atoms with van der Waals surface area (Å²) in [6, 6.07) is 12.1. The lowest BCUT2D eigenvalue weighted by Crippen LogP contribution is -2.44. The molecule has 6 heteroatoms. The maximum atomic E-state index is 13.1. The summed E-state index contributed by atoms with van der Waals surface area (Å²) in [7, 11) is 0. The second-order valence-corrected chi connectivity index (χ2v) is 7.37. The number of rotatable bonds is 2. The third kappa shape index (κ3) is 2.67. The average Bonchev–Trinajstić information content (AvgIpc) is 3.06. The van der Waals surface area contributed by atoms with E-state index in [0.717, 1.165) is 12.3 Å². The predicted molar refractivity (Wildman–Crippen MR) is 95.1 cm³/mol. The molecule has 1 aliphatic rings. The Balaban J connectivity index is 1.70. The largest absolute Gasteiger partial charge is 0.328 e. The van der Waals surface area contributed by atoms with E-state index in [-0.39, 0.29) is 11.9 Å². The normalized spacial score (nSPS) is 21.1. The van der Waals surface area contributed by atoms with Crippen molar-refractivity contribution in [3.63, 3.8) is 0 Å². The quantitative estimate of drug-likeness (QED) is 0.721. The smallest absolute Gasteiger partial charge is 0.274 e. The zero-order valence-electron chi connectivity index (χ0n) is 13.4. The second-order valence-electron chi connectivity index (χ2n) is 5.88. The minimum absolute atomic E-state index is 0.0264. The molecular weight excluding hydrogens is 320 g/mol. The van der Waals surface area contributed by atoms with E-state index in [1.165, 1.54) is 5.56 Å². The number of benzene rings is 1. The van der Waals surface area contributed by atoms with E-state index < -0.39 is 0 Å². The van der Waals surface area contributed by atoms with E-state index in [1.807, 2.05) is 47.1 Å². The summed E-state index contributed by atoms with van der Waals surface area (Å²) in [5, 5.41) is 0.347. The van der Waals surface area contributed by atoms with Crippen molar-refractivity contribution < 1.29 is 4.79 Å². The van der Waals surface area contributed by atoms with Gasteiger partial charge in [0.05, 0.1) is 6.04 Å². The Hall–Kier alpha value is -2.34. The van der Waals surface area contributed by atoms with Crippen LogP contribution in [0.3, 0.4) is 0 Å². The lowest BCUT2D eigenvalue weighted by molar-refractivity contribution is 0.0675. The van der Waals surface area contributed by atoms with Gasteiger partial charge in [-0.2, -0.15) is 11.8 Å². The van der Waals surface area contributed by atoms with Gasteiger partial charge in [0.2, 0.25) is 5.78 Å². The van der Waals surface area contributed by atoms with E-state index in [4.69, 9.17) is 0 Å². The lowest BCUT2D eigenvalue weighted by atomic mass is 10.0. The number of carbonyl (C=O) groups is 1. The number of thioether (sulfide) groups is 1. The molecule has 0 aliphatic carbocycles. The number of nitrogens with zero attached hydrogens (tertiary/aromatic N) is 4. The van der Waals surface area contributed by atoms with Crippen LogP contribution in [0.2, 0.25) is 0 Å². The molecule has 0 N–H and O–H groups in total. The molecule has 2 atom stereocenters. The first-order valence-corrected chi connectivity index (χ1v) is 9.06. The Morgan fingerprint density at radius 3 is 2.88 bits per heavy atom. The molecule has 1 amide bonds. The van der Waals surface area contributed by atoms with Crippen molar-refractivity contribution in [1.82, 2.24) is 19.3 Å². The Labute approximate surface area is 144 Å². The molecule has 0 bridgehead atoms. The van der Waals surface area contributed by atoms with Gasteiger partial charge in [-0.25, -0.2) is 9.97 Å². The lowest BCUT2D eigenvalue weighted by Gasteiger charge is -2.39. The van der Waals surface area contributed by atoms with Gasteiger partial charge in [-0.3, -0.25) is 9.20 Å². The molecular formula is C18H18N4OS. The fourth-order valence-electron chi connectivity index (χ4n) is 3.23. The average molecular weight is 338 g/mol. The van der Waals surface area contributed by atoms with Gasteiger partial charge in [-0.1, -0.05) is 37.3 Å². The monoisotopic (exact) mass is 338 g/mol. The van der Waals surface area contributed by atoms with Crippen LogP contribution >= 0.6 is 11.8 Å². The van der Waals surface area contributed by atoms with Crippen molar-refractivity contribution in [1.29, 1.82) is 0 Å². The van der Waals surface area contributed by atoms with Crippen LogP contribution in [0.25, 0.3) is 5.78 Å². The van der Waals surface area contributed by atoms with Crippen molar-refractivity contribution in [3.8, 4) is 0 Å². The van der Waals surface area contributed by atoms with Crippen molar-refractivity contribution in [2.75, 3.05) is 12.3 Å². The molecule has 1 aromatic carbocycles. The summed E-state index contributed by atoms with van der Waals surface area (Å²) >= 11 is 1.91. The van der Waals surface area contributed by atoms with Crippen LogP contribution in [-0.4, -0.2) is 42.7 Å². The van der Waals surface area contributed by atoms with Crippen molar-refractivity contribution in [2.24, 2.45) is 0 Å². The SMILES string of the molecule is C[C@H]1SCCN(C(=O)c2cn3cccnc3n2)[C@@H]1c1ccccc1. The summed E-state index contributed by atoms with van der Waals surface area (Å²) in [6.07, 6.45) is 5.30. The fraction of sp³-hybridized carbons (Fsp3) is 0.278. The first-order chi connectivity index (χ1) is 11.7. The summed E-state index contributed by atoms with van der Waals surface area (Å²) in [4.78, 5) is 23.7. The van der Waals surface area contributed by atoms with Gasteiger partial charge in [0.15, 0.2) is 0 Å². The number of hydrogen-bond acceptors (Lipinski definition) is 4. The molecule has 1 fully saturated rings. The van der Waals surface area contributed by atoms with Gasteiger partial charge in [-0.05, 0) is 11.6 Å². The Morgan fingerprint density at radius 2 is 2.08 bits per heavy atom. The van der Waals surface area contributed by atoms with Gasteiger partial charge in [0.25, 0.3) is 5.91 Å². The summed E-state index contributed by atoms with van der Waals surface area (Å²) in [5.41, 5.74) is 1.63. The molecule has 4 rings (SSSR count). The number of fused-ring (bicyclic) bond motifs is 1. The Kier molecular flexibility index (Phi) is 3.98. The highest BCUT2D eigenvalue weighted by atomic mass is 32.2. The maximum absolute atomic E-state index is 13.1. The van der Waals surface area contributed by atoms with Crippen molar-refractivity contribution >= 4 is 23.4 Å². The van der Waals surface area contributed by atoms with E-state index in [1.54, 1.807) is 16.8 Å². The van der Waals surface area contributed by atoms with Crippen molar-refractivity contribution in [2.45, 2.75) is 18.2 Å². The van der Waals surface area contributed by atoms with Crippen LogP contribution in [0.5, 0.6) is 0 Å². The van der Waals surface area contributed by atoms with Crippen LogP contribution < -0.4 is 0 Å². The predicted octanol–water partition coefficient (Wildman–Crippen LogP) is 3.05. The van der Waals surface area contributed by atoms with Gasteiger partial charge < -0.3 is 4.90 Å². The molecule has 2 aromatic heterocycles. The molecule has 1 aliphatic heterocycles. The van der Waals surface area contributed by atoms with E-state index in [9.17, 15) is 4.79 Å². The van der Waals surface area contributed by atoms with E-state index >= 15 is 0 Å². The molecule has 0 unspecified atom stereocenters. The zero-order chi connectivity index (χ0) is 16.5. The van der Waals surface area contributed by atoms with Crippen LogP contribution in [0, 0.1) is 0 Å². The number of aromatic nitrogens is 3. The third-order valence-electron chi connectivity index (χ3n) is 4.35. The first kappa shape index (κ1) is 15.2. The van der Waals surface area contributed by atoms with Crippen molar-refractivity contribution in [3.05, 3.63) is 66.2 Å². The molecule has 24 heavy (non-hydrogen) atoms. The molecule has 0 radical (unpaired) electrons. The molecule has 3 heterocycles. The van der Waals surface area contributed by atoms with Gasteiger partial charge in [0, 0.05) is 36.1 Å². The molecule has 5 nitrogen and oxygen atoms in total. The topological polar surface area (TPSA) is 50.5 Å². The Bertz CT molecular complexity index is 831. The summed E-state index contributed by atoms with van der Waals surface area (Å²) in [6.45, 7) is 2.92. The number of imidazole rings is 1. The minimum atomic E-state index is -0.0264. The standard InChI is InChI=1S/C18H18N4OS/c1-13-16(14-6-3-2-4-7-14)22(10-11-24-13)17(23)15-12-21-9-5-8-19-18(21)20-15/h2-9,12-13,16H,10-11H2,1H3/t13-,16+/m1/s1. The molecule has 3 aromatic rings. The van der Waals surface area contributed by atoms with Crippen LogP contribution in [0.15, 0.2) is 55.0 Å². The first-order valence-electron chi connectivity index (χ1n) is 8.01. The van der Waals surface area contributed by atoms with Gasteiger partial charge in [0.1, 0.15) is 5.69 Å². The molecule has 0 spiro atoms. The number of carbonyl (C=O) groups excluding carboxylic acids is 1. The highest BCUT2D eigenvalue weighted by molar-refractivity contribution is 8.00. The second kappa shape index (κ2) is 6.28. The van der Waals surface area contributed by atoms with Crippen LogP contribution in [-0.2, 0) is 0 Å². The van der Waals surface area contributed by atoms with Crippen LogP contribution in [0.1, 0.15) is 29.0 Å². The van der Waals surface area contributed by atoms with E-state index in [2.05, 4.69) is 29.0 Å². The molecule has 122 valence electrons. The highest BCUT2D eigenvalue weighted by Gasteiger charge is 2.34. The fourth-order valence-corrected chi connectivity index (χ4v) is 4.39.